The third kappa shape index (κ3) is 3.02. The fourth-order valence-corrected chi connectivity index (χ4v) is 3.69. The van der Waals surface area contributed by atoms with Crippen LogP contribution in [0.2, 0.25) is 0 Å². The number of para-hydroxylation sites is 1. The number of aromatic nitrogens is 6. The molecule has 4 heterocycles. The molecule has 7 heteroatoms. The van der Waals surface area contributed by atoms with Crippen LogP contribution >= 0.6 is 0 Å². The fraction of sp³-hybridized carbons (Fsp3) is 0.200. The largest absolute Gasteiger partial charge is 0.348 e. The van der Waals surface area contributed by atoms with Crippen LogP contribution in [0.15, 0.2) is 67.4 Å². The number of hydrogen-bond donors (Lipinski definition) is 1. The number of fused-ring (bicyclic) bond motifs is 1. The molecule has 0 spiro atoms. The lowest BCUT2D eigenvalue weighted by Gasteiger charge is -2.34. The number of rotatable bonds is 4. The van der Waals surface area contributed by atoms with E-state index in [0.29, 0.717) is 6.54 Å². The van der Waals surface area contributed by atoms with Gasteiger partial charge in [0.15, 0.2) is 0 Å². The monoisotopic (exact) mass is 357 g/mol. The van der Waals surface area contributed by atoms with Gasteiger partial charge in [-0.15, -0.1) is 5.10 Å². The predicted molar refractivity (Wildman–Crippen MR) is 100 cm³/mol. The van der Waals surface area contributed by atoms with Gasteiger partial charge in [-0.2, -0.15) is 0 Å². The first-order valence-electron chi connectivity index (χ1n) is 9.01. The van der Waals surface area contributed by atoms with Crippen LogP contribution in [-0.4, -0.2) is 41.4 Å². The molecule has 0 bridgehead atoms. The molecule has 4 aromatic rings. The number of imidazole rings is 1. The topological polar surface area (TPSA) is 75.5 Å². The number of pyridine rings is 1. The lowest BCUT2D eigenvalue weighted by atomic mass is 9.96. The Balaban J connectivity index is 1.45. The number of H-pyrrole nitrogens is 1. The van der Waals surface area contributed by atoms with Crippen molar-refractivity contribution in [3.05, 3.63) is 90.0 Å². The van der Waals surface area contributed by atoms with Crippen molar-refractivity contribution in [3.8, 4) is 5.69 Å². The molecular weight excluding hydrogens is 338 g/mol. The minimum absolute atomic E-state index is 0.0653. The molecular formula is C20H19N7. The van der Waals surface area contributed by atoms with E-state index < -0.39 is 0 Å². The average molecular weight is 357 g/mol. The Hall–Kier alpha value is -3.32. The van der Waals surface area contributed by atoms with Gasteiger partial charge in [0, 0.05) is 37.6 Å². The Labute approximate surface area is 156 Å². The summed E-state index contributed by atoms with van der Waals surface area (Å²) in [5.74, 6) is 0. The van der Waals surface area contributed by atoms with Gasteiger partial charge in [0.1, 0.15) is 0 Å². The van der Waals surface area contributed by atoms with Gasteiger partial charge >= 0.3 is 0 Å². The molecule has 0 amide bonds. The first-order valence-corrected chi connectivity index (χ1v) is 9.01. The lowest BCUT2D eigenvalue weighted by molar-refractivity contribution is 0.197. The van der Waals surface area contributed by atoms with E-state index in [-0.39, 0.29) is 6.04 Å². The third-order valence-electron chi connectivity index (χ3n) is 4.95. The van der Waals surface area contributed by atoms with Crippen molar-refractivity contribution in [1.29, 1.82) is 0 Å². The summed E-state index contributed by atoms with van der Waals surface area (Å²) >= 11 is 0. The molecule has 1 aromatic carbocycles. The number of nitrogens with zero attached hydrogens (tertiary/aromatic N) is 6. The standard InChI is InChI=1S/C20H19N7/c1-2-6-17(7-3-1)27-13-16(24-25-27)12-26-10-8-18-19(23-14-22-18)20(26)15-5-4-9-21-11-15/h1-7,9,11,13-14,20H,8,10,12H2,(H,22,23)/t20-/m0/s1. The Bertz CT molecular complexity index is 1020. The summed E-state index contributed by atoms with van der Waals surface area (Å²) in [7, 11) is 0. The van der Waals surface area contributed by atoms with Crippen LogP contribution < -0.4 is 0 Å². The first kappa shape index (κ1) is 15.9. The molecule has 0 unspecified atom stereocenters. The summed E-state index contributed by atoms with van der Waals surface area (Å²) in [5, 5.41) is 8.68. The van der Waals surface area contributed by atoms with E-state index in [1.165, 1.54) is 5.69 Å². The van der Waals surface area contributed by atoms with Crippen LogP contribution in [-0.2, 0) is 13.0 Å². The summed E-state index contributed by atoms with van der Waals surface area (Å²) < 4.78 is 1.82. The number of aromatic amines is 1. The second-order valence-corrected chi connectivity index (χ2v) is 6.67. The highest BCUT2D eigenvalue weighted by Crippen LogP contribution is 2.33. The van der Waals surface area contributed by atoms with Crippen LogP contribution in [0.1, 0.15) is 28.7 Å². The molecule has 3 aromatic heterocycles. The predicted octanol–water partition coefficient (Wildman–Crippen LogP) is 2.53. The molecule has 0 saturated heterocycles. The molecule has 1 aliphatic rings. The SMILES string of the molecule is c1ccc(-n2cc(CN3CCc4[nH]cnc4[C@@H]3c3cccnc3)nn2)cc1. The smallest absolute Gasteiger partial charge is 0.0972 e. The Morgan fingerprint density at radius 3 is 2.89 bits per heavy atom. The van der Waals surface area contributed by atoms with Gasteiger partial charge in [-0.05, 0) is 23.8 Å². The van der Waals surface area contributed by atoms with Gasteiger partial charge in [0.25, 0.3) is 0 Å². The zero-order chi connectivity index (χ0) is 18.1. The summed E-state index contributed by atoms with van der Waals surface area (Å²) in [4.78, 5) is 14.6. The first-order chi connectivity index (χ1) is 13.4. The zero-order valence-corrected chi connectivity index (χ0v) is 14.7. The normalized spacial score (nSPS) is 17.0. The number of benzene rings is 1. The Kier molecular flexibility index (Phi) is 3.99. The van der Waals surface area contributed by atoms with E-state index >= 15 is 0 Å². The number of nitrogens with one attached hydrogen (secondary N) is 1. The van der Waals surface area contributed by atoms with Crippen molar-refractivity contribution in [2.24, 2.45) is 0 Å². The second-order valence-electron chi connectivity index (χ2n) is 6.67. The molecule has 7 nitrogen and oxygen atoms in total. The highest BCUT2D eigenvalue weighted by Gasteiger charge is 2.31. The van der Waals surface area contributed by atoms with Crippen molar-refractivity contribution in [3.63, 3.8) is 0 Å². The Morgan fingerprint density at radius 2 is 2.04 bits per heavy atom. The van der Waals surface area contributed by atoms with Crippen LogP contribution in [0, 0.1) is 0 Å². The van der Waals surface area contributed by atoms with E-state index in [9.17, 15) is 0 Å². The quantitative estimate of drug-likeness (QED) is 0.607. The minimum Gasteiger partial charge on any atom is -0.348 e. The Morgan fingerprint density at radius 1 is 1.11 bits per heavy atom. The molecule has 27 heavy (non-hydrogen) atoms. The molecule has 134 valence electrons. The van der Waals surface area contributed by atoms with Gasteiger partial charge in [-0.3, -0.25) is 9.88 Å². The molecule has 5 rings (SSSR count). The van der Waals surface area contributed by atoms with Crippen LogP contribution in [0.4, 0.5) is 0 Å². The molecule has 0 radical (unpaired) electrons. The van der Waals surface area contributed by atoms with E-state index in [0.717, 1.165) is 35.6 Å². The van der Waals surface area contributed by atoms with Crippen molar-refractivity contribution < 1.29 is 0 Å². The van der Waals surface area contributed by atoms with E-state index in [1.807, 2.05) is 53.5 Å². The van der Waals surface area contributed by atoms with Crippen LogP contribution in [0.3, 0.4) is 0 Å². The van der Waals surface area contributed by atoms with E-state index in [1.54, 1.807) is 12.5 Å². The molecule has 1 aliphatic heterocycles. The lowest BCUT2D eigenvalue weighted by Crippen LogP contribution is -2.36. The maximum absolute atomic E-state index is 4.59. The molecule has 1 N–H and O–H groups in total. The van der Waals surface area contributed by atoms with E-state index in [2.05, 4.69) is 36.2 Å². The highest BCUT2D eigenvalue weighted by molar-refractivity contribution is 5.32. The summed E-state index contributed by atoms with van der Waals surface area (Å²) in [6.45, 7) is 1.63. The summed E-state index contributed by atoms with van der Waals surface area (Å²) in [6.07, 6.45) is 8.44. The van der Waals surface area contributed by atoms with Gasteiger partial charge < -0.3 is 4.98 Å². The van der Waals surface area contributed by atoms with Crippen molar-refractivity contribution in [1.82, 2.24) is 34.8 Å². The molecule has 0 fully saturated rings. The second kappa shape index (κ2) is 6.77. The molecule has 1 atom stereocenters. The minimum atomic E-state index is 0.0653. The van der Waals surface area contributed by atoms with Gasteiger partial charge in [-0.1, -0.05) is 29.5 Å². The third-order valence-corrected chi connectivity index (χ3v) is 4.95. The van der Waals surface area contributed by atoms with Gasteiger partial charge in [-0.25, -0.2) is 9.67 Å². The van der Waals surface area contributed by atoms with E-state index in [4.69, 9.17) is 0 Å². The van der Waals surface area contributed by atoms with Crippen molar-refractivity contribution in [2.75, 3.05) is 6.54 Å². The molecule has 0 saturated carbocycles. The highest BCUT2D eigenvalue weighted by atomic mass is 15.4. The molecule has 0 aliphatic carbocycles. The summed E-state index contributed by atoms with van der Waals surface area (Å²) in [5.41, 5.74) is 5.36. The van der Waals surface area contributed by atoms with Gasteiger partial charge in [0.05, 0.1) is 35.6 Å². The van der Waals surface area contributed by atoms with Crippen molar-refractivity contribution in [2.45, 2.75) is 19.0 Å². The maximum Gasteiger partial charge on any atom is 0.0972 e. The average Bonchev–Trinajstić information content (AvgIpc) is 3.39. The van der Waals surface area contributed by atoms with Crippen molar-refractivity contribution >= 4 is 0 Å². The van der Waals surface area contributed by atoms with Crippen LogP contribution in [0.25, 0.3) is 5.69 Å². The van der Waals surface area contributed by atoms with Gasteiger partial charge in [0.2, 0.25) is 0 Å². The fourth-order valence-electron chi connectivity index (χ4n) is 3.69. The maximum atomic E-state index is 4.59. The van der Waals surface area contributed by atoms with Crippen LogP contribution in [0.5, 0.6) is 0 Å². The number of hydrogen-bond acceptors (Lipinski definition) is 5. The zero-order valence-electron chi connectivity index (χ0n) is 14.7. The summed E-state index contributed by atoms with van der Waals surface area (Å²) in [6, 6.07) is 14.2.